The summed E-state index contributed by atoms with van der Waals surface area (Å²) < 4.78 is 4.87. The fourth-order valence-corrected chi connectivity index (χ4v) is 1.85. The van der Waals surface area contributed by atoms with Gasteiger partial charge in [-0.25, -0.2) is 4.79 Å². The molecule has 0 spiro atoms. The van der Waals surface area contributed by atoms with E-state index in [4.69, 9.17) is 4.74 Å². The van der Waals surface area contributed by atoms with Crippen LogP contribution in [0.25, 0.3) is 0 Å². The van der Waals surface area contributed by atoms with Crippen LogP contribution < -0.4 is 4.74 Å². The van der Waals surface area contributed by atoms with Gasteiger partial charge in [-0.2, -0.15) is 4.90 Å². The van der Waals surface area contributed by atoms with Crippen LogP contribution in [0.5, 0.6) is 5.75 Å². The minimum absolute atomic E-state index is 0.0112. The Labute approximate surface area is 95.4 Å². The van der Waals surface area contributed by atoms with Crippen molar-refractivity contribution in [1.29, 1.82) is 0 Å². The van der Waals surface area contributed by atoms with Crippen LogP contribution in [0.1, 0.15) is 0 Å². The minimum Gasteiger partial charge on any atom is -0.410 e. The Bertz CT molecular complexity index is 429. The van der Waals surface area contributed by atoms with E-state index in [-0.39, 0.29) is 5.75 Å². The molecule has 16 heavy (non-hydrogen) atoms. The van der Waals surface area contributed by atoms with Crippen LogP contribution in [0.3, 0.4) is 0 Å². The van der Waals surface area contributed by atoms with Crippen molar-refractivity contribution in [3.8, 4) is 5.75 Å². The third-order valence-corrected chi connectivity index (χ3v) is 2.70. The molecule has 0 atom stereocenters. The number of thioether (sulfide) groups is 1. The van der Waals surface area contributed by atoms with E-state index in [1.54, 1.807) is 30.3 Å². The van der Waals surface area contributed by atoms with Gasteiger partial charge in [-0.05, 0) is 12.1 Å². The van der Waals surface area contributed by atoms with Crippen molar-refractivity contribution in [2.45, 2.75) is 0 Å². The predicted molar refractivity (Wildman–Crippen MR) is 57.2 cm³/mol. The number of hydrogen-bond donors (Lipinski definition) is 0. The molecule has 0 aliphatic carbocycles. The van der Waals surface area contributed by atoms with Crippen LogP contribution in [0.15, 0.2) is 30.3 Å². The van der Waals surface area contributed by atoms with Crippen molar-refractivity contribution in [3.05, 3.63) is 30.3 Å². The molecule has 6 heteroatoms. The SMILES string of the molecule is O=C1CSC(=O)N1C(=O)Oc1ccccc1. The van der Waals surface area contributed by atoms with E-state index in [0.717, 1.165) is 11.8 Å². The van der Waals surface area contributed by atoms with Gasteiger partial charge in [0.2, 0.25) is 5.91 Å². The maximum Gasteiger partial charge on any atom is 0.429 e. The van der Waals surface area contributed by atoms with Crippen molar-refractivity contribution in [1.82, 2.24) is 4.90 Å². The number of carbonyl (C=O) groups is 3. The second-order valence-corrected chi connectivity index (χ2v) is 3.89. The third kappa shape index (κ3) is 2.06. The average molecular weight is 237 g/mol. The van der Waals surface area contributed by atoms with Crippen LogP contribution in [0.2, 0.25) is 0 Å². The summed E-state index contributed by atoms with van der Waals surface area (Å²) in [5.74, 6) is -0.260. The van der Waals surface area contributed by atoms with Gasteiger partial charge in [-0.3, -0.25) is 9.59 Å². The largest absolute Gasteiger partial charge is 0.429 e. The lowest BCUT2D eigenvalue weighted by molar-refractivity contribution is -0.122. The van der Waals surface area contributed by atoms with Crippen LogP contribution in [0, 0.1) is 0 Å². The number of ether oxygens (including phenoxy) is 1. The molecule has 1 aliphatic rings. The summed E-state index contributed by atoms with van der Waals surface area (Å²) in [7, 11) is 0. The summed E-state index contributed by atoms with van der Waals surface area (Å²) >= 11 is 0.789. The molecule has 0 aromatic heterocycles. The topological polar surface area (TPSA) is 63.7 Å². The smallest absolute Gasteiger partial charge is 0.410 e. The highest BCUT2D eigenvalue weighted by Crippen LogP contribution is 2.20. The number of rotatable bonds is 1. The number of nitrogens with zero attached hydrogens (tertiary/aromatic N) is 1. The van der Waals surface area contributed by atoms with Crippen molar-refractivity contribution < 1.29 is 19.1 Å². The number of imide groups is 3. The summed E-state index contributed by atoms with van der Waals surface area (Å²) in [6.45, 7) is 0. The summed E-state index contributed by atoms with van der Waals surface area (Å²) in [4.78, 5) is 34.4. The average Bonchev–Trinajstić information content (AvgIpc) is 2.60. The molecule has 0 bridgehead atoms. The van der Waals surface area contributed by atoms with Crippen LogP contribution in [0.4, 0.5) is 9.59 Å². The quantitative estimate of drug-likeness (QED) is 0.746. The molecule has 3 amide bonds. The maximum absolute atomic E-state index is 11.5. The first-order valence-electron chi connectivity index (χ1n) is 4.45. The van der Waals surface area contributed by atoms with Gasteiger partial charge in [0.1, 0.15) is 5.75 Å². The molecule has 1 aliphatic heterocycles. The van der Waals surface area contributed by atoms with Gasteiger partial charge in [0, 0.05) is 0 Å². The number of benzene rings is 1. The summed E-state index contributed by atoms with van der Waals surface area (Å²) in [5, 5.41) is -0.592. The molecule has 5 nitrogen and oxygen atoms in total. The zero-order valence-corrected chi connectivity index (χ0v) is 8.90. The lowest BCUT2D eigenvalue weighted by Crippen LogP contribution is -2.37. The fourth-order valence-electron chi connectivity index (χ4n) is 1.17. The summed E-state index contributed by atoms with van der Waals surface area (Å²) in [6, 6.07) is 8.27. The molecule has 0 radical (unpaired) electrons. The molecular formula is C10H7NO4S. The molecule has 0 saturated carbocycles. The number of carbonyl (C=O) groups excluding carboxylic acids is 3. The Kier molecular flexibility index (Phi) is 2.91. The zero-order valence-electron chi connectivity index (χ0n) is 8.08. The van der Waals surface area contributed by atoms with E-state index >= 15 is 0 Å². The summed E-state index contributed by atoms with van der Waals surface area (Å²) in [5.41, 5.74) is 0. The molecule has 1 aromatic rings. The first-order valence-corrected chi connectivity index (χ1v) is 5.43. The van der Waals surface area contributed by atoms with Gasteiger partial charge in [0.05, 0.1) is 5.75 Å². The second kappa shape index (κ2) is 4.36. The van der Waals surface area contributed by atoms with Crippen LogP contribution >= 0.6 is 11.8 Å². The Morgan fingerprint density at radius 2 is 1.94 bits per heavy atom. The van der Waals surface area contributed by atoms with Gasteiger partial charge < -0.3 is 4.74 Å². The van der Waals surface area contributed by atoms with E-state index in [1.165, 1.54) is 0 Å². The van der Waals surface area contributed by atoms with Gasteiger partial charge in [-0.1, -0.05) is 30.0 Å². The Morgan fingerprint density at radius 1 is 1.25 bits per heavy atom. The predicted octanol–water partition coefficient (Wildman–Crippen LogP) is 1.88. The lowest BCUT2D eigenvalue weighted by atomic mass is 10.3. The van der Waals surface area contributed by atoms with Gasteiger partial charge in [0.15, 0.2) is 0 Å². The first-order chi connectivity index (χ1) is 7.68. The Morgan fingerprint density at radius 3 is 2.50 bits per heavy atom. The maximum atomic E-state index is 11.5. The fraction of sp³-hybridized carbons (Fsp3) is 0.100. The van der Waals surface area contributed by atoms with Crippen molar-refractivity contribution in [3.63, 3.8) is 0 Å². The molecule has 2 rings (SSSR count). The monoisotopic (exact) mass is 237 g/mol. The van der Waals surface area contributed by atoms with Crippen LogP contribution in [-0.4, -0.2) is 27.9 Å². The summed E-state index contributed by atoms with van der Waals surface area (Å²) in [6.07, 6.45) is -0.953. The van der Waals surface area contributed by atoms with E-state index in [1.807, 2.05) is 0 Å². The first kappa shape index (κ1) is 10.7. The van der Waals surface area contributed by atoms with E-state index in [9.17, 15) is 14.4 Å². The minimum atomic E-state index is -0.953. The number of para-hydroxylation sites is 1. The molecule has 1 heterocycles. The standard InChI is InChI=1S/C10H7NO4S/c12-8-6-16-10(14)11(8)9(13)15-7-4-2-1-3-5-7/h1-5H,6H2. The second-order valence-electron chi connectivity index (χ2n) is 2.96. The molecule has 1 aromatic carbocycles. The molecule has 1 saturated heterocycles. The van der Waals surface area contributed by atoms with E-state index in [2.05, 4.69) is 0 Å². The Balaban J connectivity index is 2.09. The molecule has 82 valence electrons. The van der Waals surface area contributed by atoms with Crippen molar-refractivity contribution >= 4 is 29.0 Å². The highest BCUT2D eigenvalue weighted by molar-refractivity contribution is 8.14. The van der Waals surface area contributed by atoms with Gasteiger partial charge in [0.25, 0.3) is 5.24 Å². The Hall–Kier alpha value is -1.82. The molecular weight excluding hydrogens is 230 g/mol. The van der Waals surface area contributed by atoms with Crippen molar-refractivity contribution in [2.24, 2.45) is 0 Å². The zero-order chi connectivity index (χ0) is 11.5. The molecule has 0 unspecified atom stereocenters. The highest BCUT2D eigenvalue weighted by Gasteiger charge is 2.36. The highest BCUT2D eigenvalue weighted by atomic mass is 32.2. The normalized spacial score (nSPS) is 15.4. The number of amides is 3. The third-order valence-electron chi connectivity index (χ3n) is 1.88. The number of hydrogen-bond acceptors (Lipinski definition) is 5. The lowest BCUT2D eigenvalue weighted by Gasteiger charge is -2.10. The van der Waals surface area contributed by atoms with Crippen LogP contribution in [-0.2, 0) is 4.79 Å². The van der Waals surface area contributed by atoms with Gasteiger partial charge in [-0.15, -0.1) is 0 Å². The van der Waals surface area contributed by atoms with Gasteiger partial charge >= 0.3 is 6.09 Å². The van der Waals surface area contributed by atoms with E-state index < -0.39 is 17.2 Å². The molecule has 1 fully saturated rings. The van der Waals surface area contributed by atoms with Crippen molar-refractivity contribution in [2.75, 3.05) is 5.75 Å². The molecule has 0 N–H and O–H groups in total. The van der Waals surface area contributed by atoms with E-state index in [0.29, 0.717) is 10.6 Å².